The minimum atomic E-state index is -0.561. The predicted octanol–water partition coefficient (Wildman–Crippen LogP) is 6.04. The van der Waals surface area contributed by atoms with Gasteiger partial charge in [-0.1, -0.05) is 84.2 Å². The van der Waals surface area contributed by atoms with Gasteiger partial charge in [-0.25, -0.2) is 4.98 Å². The molecule has 0 spiro atoms. The van der Waals surface area contributed by atoms with Crippen LogP contribution in [0.15, 0.2) is 35.7 Å². The summed E-state index contributed by atoms with van der Waals surface area (Å²) in [6.45, 7) is 12.1. The fourth-order valence-electron chi connectivity index (χ4n) is 6.99. The molecule has 1 saturated heterocycles. The zero-order valence-corrected chi connectivity index (χ0v) is 32.2. The standard InChI is InChI=1S/C39H61N5O5S/c1-8-10-22-44-23-15-14-19-34(44)37(46)42-31(16-9-2)38(47)43(6)33(27(3)4)20-21-35-41-32(26-50-35)36(45)40-30(24-28(5)39(48)49-7)25-29-17-12-11-13-18-29/h11-13,17-18,26-28,30-31,33-34H,8-10,14-16,19-25H2,1-7H3,(H,40,45)(H,42,46)/t28-,30+,31-,33+,34+/m0/s1. The lowest BCUT2D eigenvalue weighted by Gasteiger charge is -2.37. The number of carbonyl (C=O) groups is 4. The SMILES string of the molecule is CCCCN1CCCC[C@@H]1C(=O)N[C@@H](CCC)C(=O)N(C)[C@H](CCc1nc(C(=O)N[C@@H](Cc2ccccc2)C[C@H](C)C(=O)OC)cs1)C(C)C. The molecule has 0 bridgehead atoms. The summed E-state index contributed by atoms with van der Waals surface area (Å²) in [5.41, 5.74) is 1.41. The molecule has 1 aromatic carbocycles. The Labute approximate surface area is 304 Å². The molecule has 0 aliphatic carbocycles. The Balaban J connectivity index is 1.64. The average Bonchev–Trinajstić information content (AvgIpc) is 3.59. The van der Waals surface area contributed by atoms with Gasteiger partial charge in [-0.15, -0.1) is 11.3 Å². The average molecular weight is 712 g/mol. The highest BCUT2D eigenvalue weighted by molar-refractivity contribution is 7.09. The number of aryl methyl sites for hydroxylation is 1. The summed E-state index contributed by atoms with van der Waals surface area (Å²) in [7, 11) is 3.22. The molecular weight excluding hydrogens is 651 g/mol. The van der Waals surface area contributed by atoms with Crippen LogP contribution >= 0.6 is 11.3 Å². The fourth-order valence-corrected chi connectivity index (χ4v) is 7.79. The number of likely N-dealkylation sites (tertiary alicyclic amines) is 1. The Bertz CT molecular complexity index is 1350. The van der Waals surface area contributed by atoms with Crippen molar-refractivity contribution in [1.82, 2.24) is 25.4 Å². The molecule has 11 heteroatoms. The zero-order valence-electron chi connectivity index (χ0n) is 31.4. The van der Waals surface area contributed by atoms with Gasteiger partial charge in [0.2, 0.25) is 11.8 Å². The summed E-state index contributed by atoms with van der Waals surface area (Å²) in [5, 5.41) is 8.86. The maximum Gasteiger partial charge on any atom is 0.308 e. The Kier molecular flexibility index (Phi) is 17.4. The number of thiazole rings is 1. The normalized spacial score (nSPS) is 17.4. The third kappa shape index (κ3) is 12.5. The Morgan fingerprint density at radius 1 is 1.04 bits per heavy atom. The van der Waals surface area contributed by atoms with E-state index >= 15 is 0 Å². The largest absolute Gasteiger partial charge is 0.469 e. The van der Waals surface area contributed by atoms with Crippen LogP contribution in [-0.2, 0) is 32.0 Å². The van der Waals surface area contributed by atoms with Crippen LogP contribution in [0.3, 0.4) is 0 Å². The molecule has 2 heterocycles. The molecule has 1 aliphatic rings. The minimum Gasteiger partial charge on any atom is -0.469 e. The van der Waals surface area contributed by atoms with E-state index in [1.54, 1.807) is 12.3 Å². The Morgan fingerprint density at radius 2 is 1.78 bits per heavy atom. The highest BCUT2D eigenvalue weighted by atomic mass is 32.1. The first-order valence-corrected chi connectivity index (χ1v) is 19.5. The van der Waals surface area contributed by atoms with Crippen LogP contribution in [0.5, 0.6) is 0 Å². The summed E-state index contributed by atoms with van der Waals surface area (Å²) in [6, 6.07) is 8.81. The molecule has 50 heavy (non-hydrogen) atoms. The molecule has 5 atom stereocenters. The van der Waals surface area contributed by atoms with E-state index in [0.29, 0.717) is 37.8 Å². The molecular formula is C39H61N5O5S. The Hall–Kier alpha value is -3.31. The molecule has 0 saturated carbocycles. The molecule has 3 rings (SSSR count). The van der Waals surface area contributed by atoms with E-state index in [-0.39, 0.29) is 53.7 Å². The highest BCUT2D eigenvalue weighted by Gasteiger charge is 2.34. The number of unbranched alkanes of at least 4 members (excludes halogenated alkanes) is 1. The number of hydrogen-bond donors (Lipinski definition) is 2. The second-order valence-corrected chi connectivity index (χ2v) is 15.1. The highest BCUT2D eigenvalue weighted by Crippen LogP contribution is 2.22. The number of aromatic nitrogens is 1. The van der Waals surface area contributed by atoms with E-state index in [4.69, 9.17) is 4.74 Å². The van der Waals surface area contributed by atoms with E-state index in [2.05, 4.69) is 41.3 Å². The lowest BCUT2D eigenvalue weighted by atomic mass is 9.96. The van der Waals surface area contributed by atoms with Crippen LogP contribution in [0.25, 0.3) is 0 Å². The van der Waals surface area contributed by atoms with Crippen molar-refractivity contribution in [2.24, 2.45) is 11.8 Å². The number of benzene rings is 1. The summed E-state index contributed by atoms with van der Waals surface area (Å²) < 4.78 is 4.93. The number of nitrogens with one attached hydrogen (secondary N) is 2. The number of rotatable bonds is 20. The molecule has 10 nitrogen and oxygen atoms in total. The molecule has 0 unspecified atom stereocenters. The summed E-state index contributed by atoms with van der Waals surface area (Å²) in [6.07, 6.45) is 8.84. The molecule has 278 valence electrons. The van der Waals surface area contributed by atoms with E-state index in [0.717, 1.165) is 62.2 Å². The topological polar surface area (TPSA) is 121 Å². The molecule has 1 fully saturated rings. The van der Waals surface area contributed by atoms with Crippen molar-refractivity contribution in [1.29, 1.82) is 0 Å². The first-order chi connectivity index (χ1) is 24.0. The van der Waals surface area contributed by atoms with Crippen molar-refractivity contribution >= 4 is 35.0 Å². The maximum atomic E-state index is 13.9. The van der Waals surface area contributed by atoms with Gasteiger partial charge in [-0.2, -0.15) is 0 Å². The number of piperidine rings is 1. The van der Waals surface area contributed by atoms with Gasteiger partial charge in [0.05, 0.1) is 24.1 Å². The van der Waals surface area contributed by atoms with Crippen molar-refractivity contribution in [3.8, 4) is 0 Å². The minimum absolute atomic E-state index is 0.0264. The van der Waals surface area contributed by atoms with E-state index < -0.39 is 6.04 Å². The molecule has 2 N–H and O–H groups in total. The first-order valence-electron chi connectivity index (χ1n) is 18.7. The van der Waals surface area contributed by atoms with Gasteiger partial charge in [-0.05, 0) is 69.5 Å². The van der Waals surface area contributed by atoms with Gasteiger partial charge in [0.15, 0.2) is 0 Å². The second-order valence-electron chi connectivity index (χ2n) is 14.2. The second kappa shape index (κ2) is 21.1. The van der Waals surface area contributed by atoms with Gasteiger partial charge in [0.25, 0.3) is 5.91 Å². The number of nitrogens with zero attached hydrogens (tertiary/aromatic N) is 3. The van der Waals surface area contributed by atoms with Gasteiger partial charge in [0, 0.05) is 30.9 Å². The van der Waals surface area contributed by atoms with Crippen molar-refractivity contribution in [3.05, 3.63) is 52.0 Å². The van der Waals surface area contributed by atoms with E-state index in [9.17, 15) is 19.2 Å². The smallest absolute Gasteiger partial charge is 0.308 e. The number of methoxy groups -OCH3 is 1. The van der Waals surface area contributed by atoms with Crippen molar-refractivity contribution < 1.29 is 23.9 Å². The lowest BCUT2D eigenvalue weighted by Crippen LogP contribution is -2.56. The number of carbonyl (C=O) groups excluding carboxylic acids is 4. The van der Waals surface area contributed by atoms with Crippen molar-refractivity contribution in [2.75, 3.05) is 27.2 Å². The predicted molar refractivity (Wildman–Crippen MR) is 200 cm³/mol. The van der Waals surface area contributed by atoms with Crippen LogP contribution in [0.1, 0.15) is 113 Å². The molecule has 0 radical (unpaired) electrons. The molecule has 1 aromatic heterocycles. The lowest BCUT2D eigenvalue weighted by molar-refractivity contribution is -0.145. The van der Waals surface area contributed by atoms with Gasteiger partial charge in [0.1, 0.15) is 11.7 Å². The van der Waals surface area contributed by atoms with E-state index in [1.165, 1.54) is 18.4 Å². The van der Waals surface area contributed by atoms with E-state index in [1.807, 2.05) is 49.2 Å². The van der Waals surface area contributed by atoms with Crippen molar-refractivity contribution in [3.63, 3.8) is 0 Å². The van der Waals surface area contributed by atoms with Gasteiger partial charge < -0.3 is 20.3 Å². The molecule has 2 aromatic rings. The van der Waals surface area contributed by atoms with Crippen molar-refractivity contribution in [2.45, 2.75) is 129 Å². The Morgan fingerprint density at radius 3 is 2.44 bits per heavy atom. The number of amides is 3. The maximum absolute atomic E-state index is 13.9. The van der Waals surface area contributed by atoms with Gasteiger partial charge in [-0.3, -0.25) is 24.1 Å². The fraction of sp³-hybridized carbons (Fsp3) is 0.667. The zero-order chi connectivity index (χ0) is 36.6. The van der Waals surface area contributed by atoms with Gasteiger partial charge >= 0.3 is 5.97 Å². The number of esters is 1. The molecule has 3 amide bonds. The third-order valence-electron chi connectivity index (χ3n) is 9.86. The number of likely N-dealkylation sites (N-methyl/N-ethyl adjacent to an activating group) is 1. The van der Waals surface area contributed by atoms with Crippen LogP contribution in [0.4, 0.5) is 0 Å². The quantitative estimate of drug-likeness (QED) is 0.161. The van der Waals surface area contributed by atoms with Crippen LogP contribution in [-0.4, -0.2) is 89.9 Å². The monoisotopic (exact) mass is 711 g/mol. The first kappa shape index (κ1) is 41.1. The van der Waals surface area contributed by atoms with Crippen LogP contribution in [0.2, 0.25) is 0 Å². The molecule has 1 aliphatic heterocycles. The number of hydrogen-bond acceptors (Lipinski definition) is 8. The summed E-state index contributed by atoms with van der Waals surface area (Å²) in [4.78, 5) is 61.8. The summed E-state index contributed by atoms with van der Waals surface area (Å²) >= 11 is 1.44. The summed E-state index contributed by atoms with van der Waals surface area (Å²) in [5.74, 6) is -0.851. The van der Waals surface area contributed by atoms with Crippen LogP contribution in [0, 0.1) is 11.8 Å². The van der Waals surface area contributed by atoms with Crippen LogP contribution < -0.4 is 10.6 Å². The third-order valence-corrected chi connectivity index (χ3v) is 10.8. The number of ether oxygens (including phenoxy) is 1.